The Morgan fingerprint density at radius 3 is 1.82 bits per heavy atom. The number of rotatable bonds is 0. The topological polar surface area (TPSA) is 50.2 Å². The quantitative estimate of drug-likeness (QED) is 0.650. The molecule has 1 atom stereocenters. The summed E-state index contributed by atoms with van der Waals surface area (Å²) in [5, 5.41) is 0. The van der Waals surface area contributed by atoms with Crippen molar-refractivity contribution >= 4 is 18.3 Å². The van der Waals surface area contributed by atoms with Gasteiger partial charge in [-0.2, -0.15) is 0 Å². The van der Waals surface area contributed by atoms with Gasteiger partial charge in [0.05, 0.1) is 0 Å². The van der Waals surface area contributed by atoms with E-state index < -0.39 is 7.03 Å². The summed E-state index contributed by atoms with van der Waals surface area (Å²) in [7, 11) is -4.67. The molecule has 0 saturated carbocycles. The van der Waals surface area contributed by atoms with Gasteiger partial charge in [-0.05, 0) is 12.1 Å². The fourth-order valence-corrected chi connectivity index (χ4v) is 0.313. The first-order chi connectivity index (χ1) is 5.00. The molecule has 11 heavy (non-hydrogen) atoms. The van der Waals surface area contributed by atoms with Crippen LogP contribution in [0.4, 0.5) is 4.20 Å². The van der Waals surface area contributed by atoms with Crippen molar-refractivity contribution in [2.24, 2.45) is 0 Å². The predicted molar refractivity (Wildman–Crippen MR) is 41.0 cm³/mol. The van der Waals surface area contributed by atoms with Crippen LogP contribution in [0, 0.1) is 0 Å². The van der Waals surface area contributed by atoms with Crippen molar-refractivity contribution in [2.45, 2.75) is 0 Å². The number of hydrogen-bond acceptors (Lipinski definition) is 2. The minimum absolute atomic E-state index is 1.75. The van der Waals surface area contributed by atoms with Crippen molar-refractivity contribution in [3.63, 3.8) is 0 Å². The summed E-state index contributed by atoms with van der Waals surface area (Å²) in [6.45, 7) is 0. The summed E-state index contributed by atoms with van der Waals surface area (Å²) in [4.78, 5) is 11.0. The Morgan fingerprint density at radius 2 is 1.73 bits per heavy atom. The van der Waals surface area contributed by atoms with Crippen LogP contribution in [-0.4, -0.2) is 9.88 Å². The molecular weight excluding hydrogens is 191 g/mol. The smallest absolute Gasteiger partial charge is 0.309 e. The summed E-state index contributed by atoms with van der Waals surface area (Å²) in [6, 6.07) is 5.72. The van der Waals surface area contributed by atoms with Crippen LogP contribution in [0.1, 0.15) is 0 Å². The van der Waals surface area contributed by atoms with Crippen LogP contribution in [0.5, 0.6) is 0 Å². The maximum absolute atomic E-state index is 10.6. The van der Waals surface area contributed by atoms with Crippen molar-refractivity contribution in [1.29, 1.82) is 0 Å². The largest absolute Gasteiger partial charge is 0.458 e. The molecule has 1 unspecified atom stereocenters. The van der Waals surface area contributed by atoms with Gasteiger partial charge in [-0.3, -0.25) is 4.98 Å². The lowest BCUT2D eigenvalue weighted by Crippen LogP contribution is -1.58. The summed E-state index contributed by atoms with van der Waals surface area (Å²) >= 11 is 3.97. The lowest BCUT2D eigenvalue weighted by molar-refractivity contribution is 0.451. The second-order valence-corrected chi connectivity index (χ2v) is 3.58. The number of halogens is 2. The molecule has 1 heterocycles. The Bertz CT molecular complexity index is 192. The molecule has 0 amide bonds. The fraction of sp³-hybridized carbons (Fsp3) is 0. The van der Waals surface area contributed by atoms with Crippen LogP contribution in [0.3, 0.4) is 0 Å². The van der Waals surface area contributed by atoms with Gasteiger partial charge >= 0.3 is 7.03 Å². The molecule has 0 bridgehead atoms. The van der Waals surface area contributed by atoms with E-state index in [4.69, 9.17) is 9.46 Å². The van der Waals surface area contributed by atoms with Crippen molar-refractivity contribution < 1.29 is 13.7 Å². The summed E-state index contributed by atoms with van der Waals surface area (Å²) in [6.07, 6.45) is 3.50. The second-order valence-electron chi connectivity index (χ2n) is 1.46. The van der Waals surface area contributed by atoms with Crippen molar-refractivity contribution in [3.8, 4) is 0 Å². The molecule has 1 rings (SSSR count). The molecule has 0 aliphatic rings. The fourth-order valence-electron chi connectivity index (χ4n) is 0.313. The highest BCUT2D eigenvalue weighted by Gasteiger charge is 2.05. The monoisotopic (exact) mass is 197 g/mol. The molecule has 0 saturated heterocycles. The highest BCUT2D eigenvalue weighted by Crippen LogP contribution is 2.47. The van der Waals surface area contributed by atoms with Crippen molar-refractivity contribution in [2.75, 3.05) is 0 Å². The zero-order valence-corrected chi connectivity index (χ0v) is 7.04. The van der Waals surface area contributed by atoms with Crippen molar-refractivity contribution in [1.82, 2.24) is 4.98 Å². The van der Waals surface area contributed by atoms with Crippen LogP contribution in [0.25, 0.3) is 0 Å². The Balaban J connectivity index is 0.000000187. The molecule has 62 valence electrons. The van der Waals surface area contributed by atoms with Gasteiger partial charge in [-0.15, -0.1) is 4.20 Å². The Hall–Kier alpha value is -0.440. The Labute approximate surface area is 68.2 Å². The molecule has 0 radical (unpaired) electrons. The van der Waals surface area contributed by atoms with Gasteiger partial charge in [0, 0.05) is 23.6 Å². The normalized spacial score (nSPS) is 14.1. The predicted octanol–water partition coefficient (Wildman–Crippen LogP) is 2.38. The van der Waals surface area contributed by atoms with Crippen LogP contribution in [-0.2, 0) is 4.57 Å². The molecule has 0 aliphatic carbocycles. The Kier molecular flexibility index (Phi) is 5.03. The molecule has 0 aliphatic heterocycles. The van der Waals surface area contributed by atoms with Crippen LogP contribution >= 0.6 is 18.3 Å². The summed E-state index contributed by atoms with van der Waals surface area (Å²) < 4.78 is 19.4. The molecule has 1 aromatic rings. The van der Waals surface area contributed by atoms with E-state index >= 15 is 0 Å². The zero-order valence-electron chi connectivity index (χ0n) is 5.39. The average Bonchev–Trinajstić information content (AvgIpc) is 1.88. The second kappa shape index (κ2) is 5.24. The maximum Gasteiger partial charge on any atom is 0.458 e. The molecule has 0 aromatic carbocycles. The van der Waals surface area contributed by atoms with E-state index in [9.17, 15) is 4.20 Å². The number of aromatic nitrogens is 1. The number of nitrogens with zero attached hydrogens (tertiary/aromatic N) is 1. The molecule has 3 nitrogen and oxygen atoms in total. The van der Waals surface area contributed by atoms with E-state index in [1.807, 2.05) is 18.2 Å². The highest BCUT2D eigenvalue weighted by atomic mass is 35.7. The van der Waals surface area contributed by atoms with E-state index in [-0.39, 0.29) is 0 Å². The van der Waals surface area contributed by atoms with Gasteiger partial charge in [0.15, 0.2) is 0 Å². The lowest BCUT2D eigenvalue weighted by Gasteiger charge is -1.75. The molecular formula is C5H6ClFNO2P. The van der Waals surface area contributed by atoms with Gasteiger partial charge < -0.3 is 4.89 Å². The van der Waals surface area contributed by atoms with Gasteiger partial charge in [0.1, 0.15) is 0 Å². The first kappa shape index (κ1) is 10.6. The standard InChI is InChI=1S/C5H5N.ClFHO2P/c1-2-4-6-5-3-1;1-5(2,3)4/h1-5H;(H,3,4). The third kappa shape index (κ3) is 17.7. The van der Waals surface area contributed by atoms with E-state index in [0.717, 1.165) is 0 Å². The third-order valence-electron chi connectivity index (χ3n) is 0.566. The summed E-state index contributed by atoms with van der Waals surface area (Å²) in [5.74, 6) is 0. The number of hydrogen-bond donors (Lipinski definition) is 1. The molecule has 1 N–H and O–H groups in total. The highest BCUT2D eigenvalue weighted by molar-refractivity contribution is 7.80. The van der Waals surface area contributed by atoms with E-state index in [1.165, 1.54) is 0 Å². The lowest BCUT2D eigenvalue weighted by atomic mass is 10.5. The van der Waals surface area contributed by atoms with Gasteiger partial charge in [0.2, 0.25) is 0 Å². The zero-order chi connectivity index (χ0) is 8.74. The van der Waals surface area contributed by atoms with Gasteiger partial charge in [-0.1, -0.05) is 6.07 Å². The molecule has 0 spiro atoms. The van der Waals surface area contributed by atoms with Crippen molar-refractivity contribution in [3.05, 3.63) is 30.6 Å². The summed E-state index contributed by atoms with van der Waals surface area (Å²) in [5.41, 5.74) is 0. The van der Waals surface area contributed by atoms with Crippen LogP contribution in [0.2, 0.25) is 0 Å². The van der Waals surface area contributed by atoms with E-state index in [0.29, 0.717) is 0 Å². The number of pyridine rings is 1. The van der Waals surface area contributed by atoms with Gasteiger partial charge in [-0.25, -0.2) is 4.57 Å². The average molecular weight is 198 g/mol. The minimum atomic E-state index is -4.67. The molecule has 0 fully saturated rings. The third-order valence-corrected chi connectivity index (χ3v) is 0.566. The van der Waals surface area contributed by atoms with E-state index in [2.05, 4.69) is 16.2 Å². The molecule has 1 aromatic heterocycles. The Morgan fingerprint density at radius 1 is 1.36 bits per heavy atom. The van der Waals surface area contributed by atoms with Crippen LogP contribution < -0.4 is 0 Å². The van der Waals surface area contributed by atoms with Crippen LogP contribution in [0.15, 0.2) is 30.6 Å². The molecule has 6 heteroatoms. The first-order valence-corrected chi connectivity index (χ1v) is 5.03. The maximum atomic E-state index is 10.6. The minimum Gasteiger partial charge on any atom is -0.309 e. The first-order valence-electron chi connectivity index (χ1n) is 2.57. The van der Waals surface area contributed by atoms with E-state index in [1.54, 1.807) is 12.4 Å². The van der Waals surface area contributed by atoms with Gasteiger partial charge in [0.25, 0.3) is 0 Å². The SMILES string of the molecule is O=P(O)(F)Cl.c1ccncc1.